The molecule has 1 aliphatic carbocycles. The van der Waals surface area contributed by atoms with Gasteiger partial charge in [0.2, 0.25) is 0 Å². The predicted molar refractivity (Wildman–Crippen MR) is 84.8 cm³/mol. The van der Waals surface area contributed by atoms with Gasteiger partial charge in [0.1, 0.15) is 5.60 Å². The zero-order valence-electron chi connectivity index (χ0n) is 13.7. The van der Waals surface area contributed by atoms with E-state index in [-0.39, 0.29) is 11.6 Å². The minimum absolute atomic E-state index is 0.0912. The Morgan fingerprint density at radius 2 is 1.45 bits per heavy atom. The maximum absolute atomic E-state index is 11.3. The van der Waals surface area contributed by atoms with E-state index in [4.69, 9.17) is 4.74 Å². The first-order valence-electron chi connectivity index (χ1n) is 8.88. The Kier molecular flexibility index (Phi) is 8.97. The van der Waals surface area contributed by atoms with E-state index in [0.29, 0.717) is 0 Å². The highest BCUT2D eigenvalue weighted by molar-refractivity contribution is 5.66. The van der Waals surface area contributed by atoms with Crippen LogP contribution in [-0.4, -0.2) is 11.6 Å². The fourth-order valence-electron chi connectivity index (χ4n) is 3.49. The molecule has 0 bridgehead atoms. The molecule has 0 saturated heterocycles. The second-order valence-corrected chi connectivity index (χ2v) is 6.56. The number of unbranched alkanes of at least 4 members (excludes halogenated alkanes) is 7. The second-order valence-electron chi connectivity index (χ2n) is 6.56. The fraction of sp³-hybridized carbons (Fsp3) is 0.944. The van der Waals surface area contributed by atoms with E-state index < -0.39 is 0 Å². The van der Waals surface area contributed by atoms with Gasteiger partial charge in [-0.15, -0.1) is 0 Å². The van der Waals surface area contributed by atoms with Crippen LogP contribution in [0.3, 0.4) is 0 Å². The number of carbonyl (C=O) groups is 1. The van der Waals surface area contributed by atoms with Gasteiger partial charge in [0.05, 0.1) is 0 Å². The summed E-state index contributed by atoms with van der Waals surface area (Å²) in [5.74, 6) is -0.0912. The zero-order valence-corrected chi connectivity index (χ0v) is 13.7. The highest BCUT2D eigenvalue weighted by Crippen LogP contribution is 2.36. The van der Waals surface area contributed by atoms with Crippen LogP contribution in [0.1, 0.15) is 104 Å². The number of ether oxygens (including phenoxy) is 1. The molecule has 0 spiro atoms. The third kappa shape index (κ3) is 7.31. The van der Waals surface area contributed by atoms with Gasteiger partial charge in [0.25, 0.3) is 0 Å². The standard InChI is InChI=1S/C18H34O2/c1-3-4-5-6-7-8-9-11-14-18(20-17(2)19)15-12-10-13-16-18/h3-16H2,1-2H3. The van der Waals surface area contributed by atoms with E-state index in [2.05, 4.69) is 6.92 Å². The molecule has 0 heterocycles. The van der Waals surface area contributed by atoms with Crippen LogP contribution < -0.4 is 0 Å². The SMILES string of the molecule is CCCCCCCCCCC1(OC(C)=O)CCCCC1. The summed E-state index contributed by atoms with van der Waals surface area (Å²) >= 11 is 0. The summed E-state index contributed by atoms with van der Waals surface area (Å²) < 4.78 is 5.70. The normalized spacial score (nSPS) is 17.9. The average molecular weight is 282 g/mol. The molecule has 0 unspecified atom stereocenters. The average Bonchev–Trinajstić information content (AvgIpc) is 2.42. The molecule has 1 fully saturated rings. The molecule has 1 saturated carbocycles. The van der Waals surface area contributed by atoms with Gasteiger partial charge in [-0.25, -0.2) is 0 Å². The summed E-state index contributed by atoms with van der Waals surface area (Å²) in [6, 6.07) is 0. The third-order valence-electron chi connectivity index (χ3n) is 4.61. The van der Waals surface area contributed by atoms with Crippen molar-refractivity contribution >= 4 is 5.97 Å². The zero-order chi connectivity index (χ0) is 14.7. The molecule has 0 radical (unpaired) electrons. The van der Waals surface area contributed by atoms with E-state index in [1.54, 1.807) is 6.92 Å². The van der Waals surface area contributed by atoms with E-state index in [9.17, 15) is 4.79 Å². The Balaban J connectivity index is 2.14. The van der Waals surface area contributed by atoms with Crippen molar-refractivity contribution < 1.29 is 9.53 Å². The molecule has 0 aromatic carbocycles. The predicted octanol–water partition coefficient (Wildman–Crippen LogP) is 5.78. The first-order valence-corrected chi connectivity index (χ1v) is 8.88. The summed E-state index contributed by atoms with van der Waals surface area (Å²) in [6.07, 6.45) is 17.8. The van der Waals surface area contributed by atoms with Crippen molar-refractivity contribution in [3.63, 3.8) is 0 Å². The van der Waals surface area contributed by atoms with Crippen LogP contribution in [0.4, 0.5) is 0 Å². The van der Waals surface area contributed by atoms with Crippen molar-refractivity contribution in [3.8, 4) is 0 Å². The van der Waals surface area contributed by atoms with Crippen molar-refractivity contribution in [2.45, 2.75) is 109 Å². The van der Waals surface area contributed by atoms with Crippen LogP contribution in [0.15, 0.2) is 0 Å². The van der Waals surface area contributed by atoms with Crippen LogP contribution in [0.2, 0.25) is 0 Å². The van der Waals surface area contributed by atoms with Crippen LogP contribution in [-0.2, 0) is 9.53 Å². The first kappa shape index (κ1) is 17.5. The van der Waals surface area contributed by atoms with Crippen LogP contribution in [0.25, 0.3) is 0 Å². The van der Waals surface area contributed by atoms with Gasteiger partial charge in [-0.05, 0) is 38.5 Å². The smallest absolute Gasteiger partial charge is 0.303 e. The van der Waals surface area contributed by atoms with Gasteiger partial charge < -0.3 is 4.74 Å². The fourth-order valence-corrected chi connectivity index (χ4v) is 3.49. The summed E-state index contributed by atoms with van der Waals surface area (Å²) in [7, 11) is 0. The number of hydrogen-bond donors (Lipinski definition) is 0. The van der Waals surface area contributed by atoms with Crippen molar-refractivity contribution in [1.29, 1.82) is 0 Å². The molecule has 1 rings (SSSR count). The van der Waals surface area contributed by atoms with Gasteiger partial charge in [-0.1, -0.05) is 58.3 Å². The Morgan fingerprint density at radius 1 is 0.900 bits per heavy atom. The number of carbonyl (C=O) groups excluding carboxylic acids is 1. The van der Waals surface area contributed by atoms with E-state index >= 15 is 0 Å². The molecule has 0 aromatic heterocycles. The van der Waals surface area contributed by atoms with Gasteiger partial charge in [-0.2, -0.15) is 0 Å². The largest absolute Gasteiger partial charge is 0.459 e. The Labute approximate surface area is 125 Å². The summed E-state index contributed by atoms with van der Waals surface area (Å²) in [5, 5.41) is 0. The number of rotatable bonds is 10. The van der Waals surface area contributed by atoms with Gasteiger partial charge in [0.15, 0.2) is 0 Å². The van der Waals surface area contributed by atoms with Crippen LogP contribution in [0, 0.1) is 0 Å². The molecule has 0 atom stereocenters. The molecule has 2 heteroatoms. The van der Waals surface area contributed by atoms with Crippen LogP contribution >= 0.6 is 0 Å². The summed E-state index contributed by atoms with van der Waals surface area (Å²) in [5.41, 5.74) is -0.105. The maximum atomic E-state index is 11.3. The molecule has 20 heavy (non-hydrogen) atoms. The first-order chi connectivity index (χ1) is 9.68. The molecule has 2 nitrogen and oxygen atoms in total. The Morgan fingerprint density at radius 3 is 2.00 bits per heavy atom. The highest BCUT2D eigenvalue weighted by Gasteiger charge is 2.34. The lowest BCUT2D eigenvalue weighted by molar-refractivity contribution is -0.161. The van der Waals surface area contributed by atoms with Crippen molar-refractivity contribution in [3.05, 3.63) is 0 Å². The minimum Gasteiger partial charge on any atom is -0.459 e. The van der Waals surface area contributed by atoms with E-state index in [0.717, 1.165) is 19.3 Å². The summed E-state index contributed by atoms with van der Waals surface area (Å²) in [6.45, 7) is 3.82. The van der Waals surface area contributed by atoms with Gasteiger partial charge in [0, 0.05) is 6.92 Å². The maximum Gasteiger partial charge on any atom is 0.303 e. The lowest BCUT2D eigenvalue weighted by Crippen LogP contribution is -2.36. The lowest BCUT2D eigenvalue weighted by Gasteiger charge is -2.36. The molecule has 0 amide bonds. The lowest BCUT2D eigenvalue weighted by atomic mass is 9.81. The molecular weight excluding hydrogens is 248 g/mol. The number of esters is 1. The topological polar surface area (TPSA) is 26.3 Å². The highest BCUT2D eigenvalue weighted by atomic mass is 16.6. The van der Waals surface area contributed by atoms with E-state index in [1.807, 2.05) is 0 Å². The monoisotopic (exact) mass is 282 g/mol. The van der Waals surface area contributed by atoms with Gasteiger partial charge in [-0.3, -0.25) is 4.79 Å². The molecule has 118 valence electrons. The Hall–Kier alpha value is -0.530. The third-order valence-corrected chi connectivity index (χ3v) is 4.61. The molecular formula is C18H34O2. The molecule has 0 aliphatic heterocycles. The van der Waals surface area contributed by atoms with Crippen molar-refractivity contribution in [1.82, 2.24) is 0 Å². The van der Waals surface area contributed by atoms with Crippen LogP contribution in [0.5, 0.6) is 0 Å². The molecule has 1 aliphatic rings. The summed E-state index contributed by atoms with van der Waals surface area (Å²) in [4.78, 5) is 11.3. The van der Waals surface area contributed by atoms with Crippen molar-refractivity contribution in [2.24, 2.45) is 0 Å². The van der Waals surface area contributed by atoms with Gasteiger partial charge >= 0.3 is 5.97 Å². The van der Waals surface area contributed by atoms with E-state index in [1.165, 1.54) is 70.6 Å². The number of hydrogen-bond acceptors (Lipinski definition) is 2. The van der Waals surface area contributed by atoms with Crippen molar-refractivity contribution in [2.75, 3.05) is 0 Å². The minimum atomic E-state index is -0.105. The molecule has 0 N–H and O–H groups in total. The Bertz CT molecular complexity index is 254. The molecule has 0 aromatic rings. The quantitative estimate of drug-likeness (QED) is 0.375. The second kappa shape index (κ2) is 10.2.